The predicted octanol–water partition coefficient (Wildman–Crippen LogP) is 3.64. The quantitative estimate of drug-likeness (QED) is 0.644. The first-order valence-corrected chi connectivity index (χ1v) is 10.3. The number of esters is 1. The second-order valence-corrected chi connectivity index (χ2v) is 8.26. The molecule has 2 fully saturated rings. The number of rotatable bonds is 4. The normalized spacial score (nSPS) is 19.8. The minimum absolute atomic E-state index is 0.0967. The van der Waals surface area contributed by atoms with E-state index >= 15 is 0 Å². The first kappa shape index (κ1) is 18.8. The van der Waals surface area contributed by atoms with Gasteiger partial charge < -0.3 is 19.9 Å². The molecule has 0 spiro atoms. The van der Waals surface area contributed by atoms with Crippen LogP contribution >= 0.6 is 0 Å². The van der Waals surface area contributed by atoms with Crippen LogP contribution < -0.4 is 16.1 Å². The lowest BCUT2D eigenvalue weighted by Gasteiger charge is -2.35. The second kappa shape index (κ2) is 7.15. The van der Waals surface area contributed by atoms with E-state index < -0.39 is 5.97 Å². The third-order valence-electron chi connectivity index (χ3n) is 5.96. The molecule has 0 amide bonds. The lowest BCUT2D eigenvalue weighted by Crippen LogP contribution is -2.35. The Morgan fingerprint density at radius 3 is 2.71 bits per heavy atom. The molecule has 1 atom stereocenters. The van der Waals surface area contributed by atoms with Crippen LogP contribution in [0.25, 0.3) is 10.9 Å². The smallest absolute Gasteiger partial charge is 0.343 e. The second-order valence-electron chi connectivity index (χ2n) is 8.26. The first-order chi connectivity index (χ1) is 13.4. The van der Waals surface area contributed by atoms with E-state index in [9.17, 15) is 9.59 Å². The van der Waals surface area contributed by atoms with Crippen molar-refractivity contribution < 1.29 is 9.53 Å². The van der Waals surface area contributed by atoms with Gasteiger partial charge in [-0.15, -0.1) is 0 Å². The average molecular weight is 383 g/mol. The number of nitrogen functional groups attached to an aromatic ring is 1. The fourth-order valence-electron chi connectivity index (χ4n) is 4.54. The van der Waals surface area contributed by atoms with Gasteiger partial charge in [0.25, 0.3) is 0 Å². The Morgan fingerprint density at radius 1 is 1.32 bits per heavy atom. The van der Waals surface area contributed by atoms with Crippen LogP contribution in [-0.4, -0.2) is 30.2 Å². The molecular weight excluding hydrogens is 354 g/mol. The van der Waals surface area contributed by atoms with Crippen LogP contribution in [0.5, 0.6) is 0 Å². The number of hydrogen-bond acceptors (Lipinski definition) is 5. The molecule has 1 aliphatic carbocycles. The van der Waals surface area contributed by atoms with E-state index in [1.807, 2.05) is 0 Å². The third-order valence-corrected chi connectivity index (χ3v) is 5.96. The van der Waals surface area contributed by atoms with Gasteiger partial charge in [-0.3, -0.25) is 4.79 Å². The Labute approximate surface area is 165 Å². The summed E-state index contributed by atoms with van der Waals surface area (Å²) in [6.45, 7) is 8.26. The molecule has 0 radical (unpaired) electrons. The standard InChI is InChI=1S/C22H29N3O3/c1-4-28-22(27)17-12-25(15-7-8-15)19-14(3)20(18(23)10-16(19)21(17)26)24-9-5-6-13(2)11-24/h10,12-13,15H,4-9,11,23H2,1-3H3. The molecular formula is C22H29N3O3. The number of ether oxygens (including phenoxy) is 1. The Morgan fingerprint density at radius 2 is 2.07 bits per heavy atom. The van der Waals surface area contributed by atoms with E-state index in [2.05, 4.69) is 23.3 Å². The summed E-state index contributed by atoms with van der Waals surface area (Å²) in [5.74, 6) is 0.0639. The molecule has 1 aliphatic heterocycles. The Hall–Kier alpha value is -2.50. The SMILES string of the molecule is CCOC(=O)c1cn(C2CC2)c2c(C)c(N3CCCC(C)C3)c(N)cc2c1=O. The van der Waals surface area contributed by atoms with E-state index in [0.717, 1.165) is 49.1 Å². The first-order valence-electron chi connectivity index (χ1n) is 10.3. The number of aryl methyl sites for hydroxylation is 1. The summed E-state index contributed by atoms with van der Waals surface area (Å²) in [6, 6.07) is 2.09. The number of fused-ring (bicyclic) bond motifs is 1. The number of carbonyl (C=O) groups is 1. The number of anilines is 2. The molecule has 6 heteroatoms. The maximum atomic E-state index is 13.1. The summed E-state index contributed by atoms with van der Waals surface area (Å²) >= 11 is 0. The van der Waals surface area contributed by atoms with Crippen LogP contribution in [0.15, 0.2) is 17.1 Å². The molecule has 4 rings (SSSR count). The zero-order chi connectivity index (χ0) is 20.0. The van der Waals surface area contributed by atoms with Gasteiger partial charge in [-0.2, -0.15) is 0 Å². The van der Waals surface area contributed by atoms with Crippen molar-refractivity contribution in [2.24, 2.45) is 5.92 Å². The third kappa shape index (κ3) is 3.15. The Bertz CT molecular complexity index is 991. The average Bonchev–Trinajstić information content (AvgIpc) is 3.48. The van der Waals surface area contributed by atoms with Gasteiger partial charge in [0.2, 0.25) is 5.43 Å². The molecule has 28 heavy (non-hydrogen) atoms. The number of nitrogens with two attached hydrogens (primary N) is 1. The van der Waals surface area contributed by atoms with Crippen LogP contribution in [0.2, 0.25) is 0 Å². The number of aromatic nitrogens is 1. The number of pyridine rings is 1. The topological polar surface area (TPSA) is 77.6 Å². The number of carbonyl (C=O) groups excluding carboxylic acids is 1. The zero-order valence-electron chi connectivity index (χ0n) is 17.0. The van der Waals surface area contributed by atoms with Crippen molar-refractivity contribution in [3.8, 4) is 0 Å². The molecule has 2 N–H and O–H groups in total. The molecule has 1 aromatic carbocycles. The largest absolute Gasteiger partial charge is 0.462 e. The van der Waals surface area contributed by atoms with Gasteiger partial charge in [-0.25, -0.2) is 4.79 Å². The summed E-state index contributed by atoms with van der Waals surface area (Å²) in [6.07, 6.45) is 6.19. The zero-order valence-corrected chi connectivity index (χ0v) is 17.0. The predicted molar refractivity (Wildman–Crippen MR) is 112 cm³/mol. The van der Waals surface area contributed by atoms with Crippen molar-refractivity contribution in [2.75, 3.05) is 30.3 Å². The summed E-state index contributed by atoms with van der Waals surface area (Å²) in [7, 11) is 0. The van der Waals surface area contributed by atoms with E-state index in [0.29, 0.717) is 23.0 Å². The molecule has 6 nitrogen and oxygen atoms in total. The maximum absolute atomic E-state index is 13.1. The number of hydrogen-bond donors (Lipinski definition) is 1. The summed E-state index contributed by atoms with van der Waals surface area (Å²) in [5, 5.41) is 0.515. The molecule has 2 aliphatic rings. The van der Waals surface area contributed by atoms with Gasteiger partial charge in [-0.05, 0) is 57.1 Å². The van der Waals surface area contributed by atoms with E-state index in [1.54, 1.807) is 19.2 Å². The lowest BCUT2D eigenvalue weighted by molar-refractivity contribution is 0.0524. The minimum Gasteiger partial charge on any atom is -0.462 e. The molecule has 150 valence electrons. The van der Waals surface area contributed by atoms with Crippen LogP contribution in [0.1, 0.15) is 61.5 Å². The van der Waals surface area contributed by atoms with Crippen LogP contribution in [0.3, 0.4) is 0 Å². The van der Waals surface area contributed by atoms with E-state index in [1.165, 1.54) is 6.42 Å². The maximum Gasteiger partial charge on any atom is 0.343 e. The fraction of sp³-hybridized carbons (Fsp3) is 0.545. The molecule has 2 aromatic rings. The van der Waals surface area contributed by atoms with Crippen molar-refractivity contribution in [3.63, 3.8) is 0 Å². The van der Waals surface area contributed by atoms with Gasteiger partial charge in [0.1, 0.15) is 5.56 Å². The summed E-state index contributed by atoms with van der Waals surface area (Å²) < 4.78 is 7.22. The van der Waals surface area contributed by atoms with Crippen LogP contribution in [0.4, 0.5) is 11.4 Å². The Kier molecular flexibility index (Phi) is 4.81. The van der Waals surface area contributed by atoms with Crippen molar-refractivity contribution in [3.05, 3.63) is 33.6 Å². The summed E-state index contributed by atoms with van der Waals surface area (Å²) in [4.78, 5) is 27.8. The van der Waals surface area contributed by atoms with Gasteiger partial charge >= 0.3 is 5.97 Å². The molecule has 1 aromatic heterocycles. The lowest BCUT2D eigenvalue weighted by atomic mass is 9.97. The highest BCUT2D eigenvalue weighted by atomic mass is 16.5. The minimum atomic E-state index is -0.561. The van der Waals surface area contributed by atoms with Gasteiger partial charge in [0.05, 0.1) is 23.5 Å². The highest BCUT2D eigenvalue weighted by Crippen LogP contribution is 2.41. The molecule has 1 saturated carbocycles. The van der Waals surface area contributed by atoms with Crippen molar-refractivity contribution in [1.29, 1.82) is 0 Å². The monoisotopic (exact) mass is 383 g/mol. The fourth-order valence-corrected chi connectivity index (χ4v) is 4.54. The number of benzene rings is 1. The highest BCUT2D eigenvalue weighted by molar-refractivity contribution is 5.98. The van der Waals surface area contributed by atoms with Crippen molar-refractivity contribution in [2.45, 2.75) is 52.5 Å². The number of nitrogens with zero attached hydrogens (tertiary/aromatic N) is 2. The van der Waals surface area contributed by atoms with Gasteiger partial charge in [0, 0.05) is 30.7 Å². The number of piperidine rings is 1. The molecule has 1 saturated heterocycles. The summed E-state index contributed by atoms with van der Waals surface area (Å²) in [5.41, 5.74) is 9.84. The molecule has 0 bridgehead atoms. The van der Waals surface area contributed by atoms with Crippen molar-refractivity contribution >= 4 is 28.2 Å². The van der Waals surface area contributed by atoms with Gasteiger partial charge in [-0.1, -0.05) is 6.92 Å². The van der Waals surface area contributed by atoms with E-state index in [4.69, 9.17) is 10.5 Å². The van der Waals surface area contributed by atoms with Gasteiger partial charge in [0.15, 0.2) is 0 Å². The molecule has 1 unspecified atom stereocenters. The van der Waals surface area contributed by atoms with Crippen LogP contribution in [0, 0.1) is 12.8 Å². The van der Waals surface area contributed by atoms with Crippen LogP contribution in [-0.2, 0) is 4.74 Å². The Balaban J connectivity index is 1.95. The van der Waals surface area contributed by atoms with Crippen molar-refractivity contribution in [1.82, 2.24) is 4.57 Å². The highest BCUT2D eigenvalue weighted by Gasteiger charge is 2.30. The molecule has 2 heterocycles. The van der Waals surface area contributed by atoms with E-state index in [-0.39, 0.29) is 17.6 Å².